The largest absolute Gasteiger partial charge is 0.355 e. The van der Waals surface area contributed by atoms with Crippen LogP contribution in [0.5, 0.6) is 0 Å². The Bertz CT molecular complexity index is 429. The lowest BCUT2D eigenvalue weighted by molar-refractivity contribution is -0.122. The summed E-state index contributed by atoms with van der Waals surface area (Å²) < 4.78 is 1.14. The molecule has 1 aromatic heterocycles. The number of nitrogens with one attached hydrogen (secondary N) is 1. The SMILES string of the molecule is CN(CC(=O)NCC1CCCCC1)Cc1csc(Br)c1. The number of hydrogen-bond donors (Lipinski definition) is 1. The van der Waals surface area contributed by atoms with E-state index in [2.05, 4.69) is 37.6 Å². The standard InChI is InChI=1S/C15H23BrN2OS/c1-18(9-13-7-14(16)20-11-13)10-15(19)17-8-12-5-3-2-4-6-12/h7,11-12H,2-6,8-10H2,1H3,(H,17,19). The Morgan fingerprint density at radius 3 is 2.85 bits per heavy atom. The number of carbonyl (C=O) groups excluding carboxylic acids is 1. The minimum atomic E-state index is 0.146. The van der Waals surface area contributed by atoms with Gasteiger partial charge in [0.15, 0.2) is 0 Å². The molecule has 0 atom stereocenters. The summed E-state index contributed by atoms with van der Waals surface area (Å²) in [5, 5.41) is 5.21. The molecule has 0 bridgehead atoms. The highest BCUT2D eigenvalue weighted by molar-refractivity contribution is 9.11. The Morgan fingerprint density at radius 1 is 1.45 bits per heavy atom. The molecular formula is C15H23BrN2OS. The van der Waals surface area contributed by atoms with Crippen LogP contribution in [0, 0.1) is 5.92 Å². The predicted molar refractivity (Wildman–Crippen MR) is 87.9 cm³/mol. The van der Waals surface area contributed by atoms with Gasteiger partial charge in [-0.25, -0.2) is 0 Å². The van der Waals surface area contributed by atoms with Crippen molar-refractivity contribution in [2.24, 2.45) is 5.92 Å². The van der Waals surface area contributed by atoms with E-state index in [-0.39, 0.29) is 5.91 Å². The van der Waals surface area contributed by atoms with E-state index in [9.17, 15) is 4.79 Å². The number of thiophene rings is 1. The first-order valence-electron chi connectivity index (χ1n) is 7.31. The van der Waals surface area contributed by atoms with Gasteiger partial charge in [0.1, 0.15) is 0 Å². The van der Waals surface area contributed by atoms with Gasteiger partial charge in [-0.15, -0.1) is 11.3 Å². The molecule has 1 heterocycles. The second-order valence-electron chi connectivity index (χ2n) is 5.74. The molecule has 1 aliphatic rings. The summed E-state index contributed by atoms with van der Waals surface area (Å²) in [5.74, 6) is 0.846. The van der Waals surface area contributed by atoms with E-state index in [0.717, 1.165) is 16.9 Å². The number of amides is 1. The lowest BCUT2D eigenvalue weighted by atomic mass is 9.89. The summed E-state index contributed by atoms with van der Waals surface area (Å²) in [6.07, 6.45) is 6.57. The molecule has 1 N–H and O–H groups in total. The molecule has 0 saturated heterocycles. The zero-order valence-corrected chi connectivity index (χ0v) is 14.4. The highest BCUT2D eigenvalue weighted by atomic mass is 79.9. The molecule has 5 heteroatoms. The summed E-state index contributed by atoms with van der Waals surface area (Å²) >= 11 is 5.15. The molecule has 1 saturated carbocycles. The maximum absolute atomic E-state index is 11.9. The maximum Gasteiger partial charge on any atom is 0.234 e. The first-order chi connectivity index (χ1) is 9.63. The zero-order valence-electron chi connectivity index (χ0n) is 12.0. The van der Waals surface area contributed by atoms with Crippen LogP contribution in [0.15, 0.2) is 15.2 Å². The molecule has 112 valence electrons. The lowest BCUT2D eigenvalue weighted by Gasteiger charge is -2.22. The fourth-order valence-corrected chi connectivity index (χ4v) is 3.95. The Labute approximate surface area is 133 Å². The summed E-state index contributed by atoms with van der Waals surface area (Å²) in [6.45, 7) is 2.15. The second-order valence-corrected chi connectivity index (χ2v) is 8.03. The van der Waals surface area contributed by atoms with Gasteiger partial charge in [-0.1, -0.05) is 19.3 Å². The third-order valence-electron chi connectivity index (χ3n) is 3.80. The van der Waals surface area contributed by atoms with Crippen molar-refractivity contribution in [1.29, 1.82) is 0 Å². The van der Waals surface area contributed by atoms with Crippen LogP contribution in [-0.4, -0.2) is 30.9 Å². The van der Waals surface area contributed by atoms with E-state index in [1.807, 2.05) is 7.05 Å². The average Bonchev–Trinajstić information content (AvgIpc) is 2.83. The molecule has 1 amide bonds. The number of halogens is 1. The van der Waals surface area contributed by atoms with E-state index in [0.29, 0.717) is 12.5 Å². The summed E-state index contributed by atoms with van der Waals surface area (Å²) in [4.78, 5) is 14.0. The molecule has 0 unspecified atom stereocenters. The number of likely N-dealkylation sites (N-methyl/N-ethyl adjacent to an activating group) is 1. The highest BCUT2D eigenvalue weighted by Gasteiger charge is 2.15. The van der Waals surface area contributed by atoms with Crippen molar-refractivity contribution in [2.75, 3.05) is 20.1 Å². The summed E-state index contributed by atoms with van der Waals surface area (Å²) in [7, 11) is 1.99. The van der Waals surface area contributed by atoms with Crippen LogP contribution in [0.4, 0.5) is 0 Å². The van der Waals surface area contributed by atoms with Crippen molar-refractivity contribution >= 4 is 33.2 Å². The van der Waals surface area contributed by atoms with E-state index in [1.54, 1.807) is 11.3 Å². The number of hydrogen-bond acceptors (Lipinski definition) is 3. The third kappa shape index (κ3) is 5.54. The van der Waals surface area contributed by atoms with Gasteiger partial charge >= 0.3 is 0 Å². The van der Waals surface area contributed by atoms with E-state index in [1.165, 1.54) is 37.7 Å². The molecule has 1 aromatic rings. The molecule has 0 spiro atoms. The van der Waals surface area contributed by atoms with Gasteiger partial charge < -0.3 is 5.32 Å². The van der Waals surface area contributed by atoms with Crippen molar-refractivity contribution in [2.45, 2.75) is 38.6 Å². The fourth-order valence-electron chi connectivity index (χ4n) is 2.75. The summed E-state index contributed by atoms with van der Waals surface area (Å²) in [6, 6.07) is 2.11. The van der Waals surface area contributed by atoms with E-state index < -0.39 is 0 Å². The van der Waals surface area contributed by atoms with Gasteiger partial charge in [0.2, 0.25) is 5.91 Å². The first-order valence-corrected chi connectivity index (χ1v) is 8.99. The van der Waals surface area contributed by atoms with Gasteiger partial charge in [0, 0.05) is 13.1 Å². The third-order valence-corrected chi connectivity index (χ3v) is 5.35. The minimum Gasteiger partial charge on any atom is -0.355 e. The van der Waals surface area contributed by atoms with Crippen LogP contribution in [0.3, 0.4) is 0 Å². The normalized spacial score (nSPS) is 16.6. The molecule has 1 fully saturated rings. The topological polar surface area (TPSA) is 32.3 Å². The molecule has 20 heavy (non-hydrogen) atoms. The van der Waals surface area contributed by atoms with Crippen molar-refractivity contribution in [3.63, 3.8) is 0 Å². The Hall–Kier alpha value is -0.390. The second kappa shape index (κ2) is 8.15. The predicted octanol–water partition coefficient (Wildman–Crippen LogP) is 3.64. The number of rotatable bonds is 6. The van der Waals surface area contributed by atoms with Crippen LogP contribution >= 0.6 is 27.3 Å². The van der Waals surface area contributed by atoms with Crippen molar-refractivity contribution in [3.05, 3.63) is 20.8 Å². The summed E-state index contributed by atoms with van der Waals surface area (Å²) in [5.41, 5.74) is 1.25. The quantitative estimate of drug-likeness (QED) is 0.841. The zero-order chi connectivity index (χ0) is 14.4. The molecule has 2 rings (SSSR count). The smallest absolute Gasteiger partial charge is 0.234 e. The van der Waals surface area contributed by atoms with Crippen molar-refractivity contribution in [1.82, 2.24) is 10.2 Å². The highest BCUT2D eigenvalue weighted by Crippen LogP contribution is 2.23. The molecular weight excluding hydrogens is 336 g/mol. The van der Waals surface area contributed by atoms with Gasteiger partial charge in [-0.2, -0.15) is 0 Å². The number of nitrogens with zero attached hydrogens (tertiary/aromatic N) is 1. The Balaban J connectivity index is 1.65. The van der Waals surface area contributed by atoms with Gasteiger partial charge in [-0.05, 0) is 58.7 Å². The van der Waals surface area contributed by atoms with E-state index >= 15 is 0 Å². The Kier molecular flexibility index (Phi) is 6.52. The van der Waals surface area contributed by atoms with Crippen molar-refractivity contribution in [3.8, 4) is 0 Å². The first kappa shape index (κ1) is 16.0. The van der Waals surface area contributed by atoms with Gasteiger partial charge in [0.25, 0.3) is 0 Å². The Morgan fingerprint density at radius 2 is 2.20 bits per heavy atom. The number of carbonyl (C=O) groups is 1. The van der Waals surface area contributed by atoms with Crippen molar-refractivity contribution < 1.29 is 4.79 Å². The monoisotopic (exact) mass is 358 g/mol. The van der Waals surface area contributed by atoms with Crippen LogP contribution in [0.25, 0.3) is 0 Å². The molecule has 0 aliphatic heterocycles. The van der Waals surface area contributed by atoms with Crippen LogP contribution in [-0.2, 0) is 11.3 Å². The van der Waals surface area contributed by atoms with Crippen LogP contribution < -0.4 is 5.32 Å². The average molecular weight is 359 g/mol. The maximum atomic E-state index is 11.9. The van der Waals surface area contributed by atoms with Crippen LogP contribution in [0.2, 0.25) is 0 Å². The molecule has 0 radical (unpaired) electrons. The molecule has 0 aromatic carbocycles. The lowest BCUT2D eigenvalue weighted by Crippen LogP contribution is -2.37. The minimum absolute atomic E-state index is 0.146. The van der Waals surface area contributed by atoms with Gasteiger partial charge in [-0.3, -0.25) is 9.69 Å². The van der Waals surface area contributed by atoms with Crippen LogP contribution in [0.1, 0.15) is 37.7 Å². The fraction of sp³-hybridized carbons (Fsp3) is 0.667. The van der Waals surface area contributed by atoms with Gasteiger partial charge in [0.05, 0.1) is 10.3 Å². The molecule has 1 aliphatic carbocycles. The van der Waals surface area contributed by atoms with E-state index in [4.69, 9.17) is 0 Å². The molecule has 3 nitrogen and oxygen atoms in total.